The minimum absolute atomic E-state index is 0.198. The average Bonchev–Trinajstić information content (AvgIpc) is 2.53. The molecule has 1 fully saturated rings. The molecule has 1 heterocycles. The molecule has 0 amide bonds. The molecule has 1 aliphatic heterocycles. The molecule has 1 aromatic rings. The van der Waals surface area contributed by atoms with Crippen molar-refractivity contribution in [3.05, 3.63) is 29.3 Å². The van der Waals surface area contributed by atoms with Gasteiger partial charge in [0.25, 0.3) is 0 Å². The summed E-state index contributed by atoms with van der Waals surface area (Å²) in [6.45, 7) is 1.59. The number of para-hydroxylation sites is 1. The Morgan fingerprint density at radius 3 is 2.77 bits per heavy atom. The maximum atomic E-state index is 9.37. The summed E-state index contributed by atoms with van der Waals surface area (Å²) in [7, 11) is 0. The number of hydrogen-bond donors (Lipinski definition) is 1. The predicted molar refractivity (Wildman–Crippen MR) is 54.3 cm³/mol. The van der Waals surface area contributed by atoms with Gasteiger partial charge in [-0.2, -0.15) is 0 Å². The van der Waals surface area contributed by atoms with E-state index in [-0.39, 0.29) is 6.10 Å². The number of aliphatic hydroxyl groups excluding tert-OH is 1. The maximum Gasteiger partial charge on any atom is 0.0731 e. The summed E-state index contributed by atoms with van der Waals surface area (Å²) < 4.78 is 0. The Morgan fingerprint density at radius 2 is 2.15 bits per heavy atom. The van der Waals surface area contributed by atoms with Crippen LogP contribution in [0.5, 0.6) is 0 Å². The van der Waals surface area contributed by atoms with E-state index in [4.69, 9.17) is 11.6 Å². The van der Waals surface area contributed by atoms with Gasteiger partial charge in [-0.1, -0.05) is 23.7 Å². The van der Waals surface area contributed by atoms with E-state index in [0.29, 0.717) is 6.54 Å². The van der Waals surface area contributed by atoms with Crippen LogP contribution in [-0.2, 0) is 0 Å². The second-order valence-electron chi connectivity index (χ2n) is 3.34. The van der Waals surface area contributed by atoms with Gasteiger partial charge in [-0.05, 0) is 18.6 Å². The monoisotopic (exact) mass is 197 g/mol. The van der Waals surface area contributed by atoms with E-state index < -0.39 is 0 Å². The van der Waals surface area contributed by atoms with Crippen molar-refractivity contribution in [2.24, 2.45) is 0 Å². The van der Waals surface area contributed by atoms with Crippen molar-refractivity contribution >= 4 is 17.3 Å². The Balaban J connectivity index is 2.21. The highest BCUT2D eigenvalue weighted by Crippen LogP contribution is 2.27. The Hall–Kier alpha value is -0.730. The highest BCUT2D eigenvalue weighted by molar-refractivity contribution is 6.33. The molecule has 1 aromatic carbocycles. The van der Waals surface area contributed by atoms with E-state index >= 15 is 0 Å². The van der Waals surface area contributed by atoms with Crippen LogP contribution in [0, 0.1) is 0 Å². The first-order valence-electron chi connectivity index (χ1n) is 4.45. The highest BCUT2D eigenvalue weighted by atomic mass is 35.5. The fourth-order valence-corrected chi connectivity index (χ4v) is 1.92. The van der Waals surface area contributed by atoms with Crippen LogP contribution in [0.2, 0.25) is 5.02 Å². The number of benzene rings is 1. The standard InChI is InChI=1S/C10H12ClNO/c11-9-3-1-2-4-10(9)12-6-5-8(13)7-12/h1-4,8,13H,5-7H2/t8-/m1/s1. The zero-order valence-electron chi connectivity index (χ0n) is 7.28. The van der Waals surface area contributed by atoms with Crippen LogP contribution >= 0.6 is 11.6 Å². The zero-order chi connectivity index (χ0) is 9.26. The summed E-state index contributed by atoms with van der Waals surface area (Å²) in [5.41, 5.74) is 1.03. The molecule has 1 atom stereocenters. The number of aliphatic hydroxyl groups is 1. The number of anilines is 1. The van der Waals surface area contributed by atoms with Crippen molar-refractivity contribution in [1.29, 1.82) is 0 Å². The van der Waals surface area contributed by atoms with Crippen LogP contribution in [0.15, 0.2) is 24.3 Å². The highest BCUT2D eigenvalue weighted by Gasteiger charge is 2.21. The molecule has 0 unspecified atom stereocenters. The van der Waals surface area contributed by atoms with E-state index in [1.807, 2.05) is 24.3 Å². The first-order valence-corrected chi connectivity index (χ1v) is 4.83. The summed E-state index contributed by atoms with van der Waals surface area (Å²) in [4.78, 5) is 2.12. The molecule has 0 aromatic heterocycles. The van der Waals surface area contributed by atoms with Crippen molar-refractivity contribution in [3.63, 3.8) is 0 Å². The first-order chi connectivity index (χ1) is 6.27. The molecule has 1 aliphatic rings. The topological polar surface area (TPSA) is 23.5 Å². The van der Waals surface area contributed by atoms with Gasteiger partial charge < -0.3 is 10.0 Å². The normalized spacial score (nSPS) is 22.3. The van der Waals surface area contributed by atoms with Gasteiger partial charge in [0.05, 0.1) is 16.8 Å². The molecule has 3 heteroatoms. The number of β-amino-alcohol motifs (C(OH)–C–C–N with tert-alkyl or cyclic N) is 1. The lowest BCUT2D eigenvalue weighted by Gasteiger charge is -2.18. The van der Waals surface area contributed by atoms with E-state index in [1.165, 1.54) is 0 Å². The van der Waals surface area contributed by atoms with Crippen molar-refractivity contribution < 1.29 is 5.11 Å². The summed E-state index contributed by atoms with van der Waals surface area (Å²) in [6, 6.07) is 7.74. The second kappa shape index (κ2) is 3.56. The van der Waals surface area contributed by atoms with Crippen molar-refractivity contribution in [2.75, 3.05) is 18.0 Å². The van der Waals surface area contributed by atoms with E-state index in [2.05, 4.69) is 4.90 Å². The molecule has 1 saturated heterocycles. The number of halogens is 1. The van der Waals surface area contributed by atoms with Crippen LogP contribution in [0.3, 0.4) is 0 Å². The van der Waals surface area contributed by atoms with Gasteiger partial charge in [0.2, 0.25) is 0 Å². The quantitative estimate of drug-likeness (QED) is 0.744. The molecule has 0 spiro atoms. The third-order valence-corrected chi connectivity index (χ3v) is 2.68. The van der Waals surface area contributed by atoms with Crippen LogP contribution < -0.4 is 4.90 Å². The number of hydrogen-bond acceptors (Lipinski definition) is 2. The lowest BCUT2D eigenvalue weighted by molar-refractivity contribution is 0.198. The molecule has 70 valence electrons. The van der Waals surface area contributed by atoms with E-state index in [1.54, 1.807) is 0 Å². The lowest BCUT2D eigenvalue weighted by Crippen LogP contribution is -2.21. The minimum Gasteiger partial charge on any atom is -0.391 e. The van der Waals surface area contributed by atoms with Gasteiger partial charge in [0.1, 0.15) is 0 Å². The fraction of sp³-hybridized carbons (Fsp3) is 0.400. The molecule has 0 bridgehead atoms. The third kappa shape index (κ3) is 1.79. The van der Waals surface area contributed by atoms with Gasteiger partial charge in [0, 0.05) is 13.1 Å². The zero-order valence-corrected chi connectivity index (χ0v) is 8.04. The molecule has 0 radical (unpaired) electrons. The van der Waals surface area contributed by atoms with Gasteiger partial charge in [-0.3, -0.25) is 0 Å². The van der Waals surface area contributed by atoms with E-state index in [0.717, 1.165) is 23.7 Å². The summed E-state index contributed by atoms with van der Waals surface area (Å²) >= 11 is 6.03. The molecule has 2 nitrogen and oxygen atoms in total. The van der Waals surface area contributed by atoms with Crippen LogP contribution in [0.25, 0.3) is 0 Å². The van der Waals surface area contributed by atoms with Crippen LogP contribution in [0.1, 0.15) is 6.42 Å². The molecule has 1 N–H and O–H groups in total. The summed E-state index contributed by atoms with van der Waals surface area (Å²) in [5.74, 6) is 0. The Morgan fingerprint density at radius 1 is 1.38 bits per heavy atom. The Labute approximate surface area is 82.7 Å². The molecule has 2 rings (SSSR count). The molecule has 0 saturated carbocycles. The molecular weight excluding hydrogens is 186 g/mol. The number of rotatable bonds is 1. The largest absolute Gasteiger partial charge is 0.391 e. The Kier molecular flexibility index (Phi) is 2.42. The Bertz CT molecular complexity index is 303. The molecule has 13 heavy (non-hydrogen) atoms. The smallest absolute Gasteiger partial charge is 0.0731 e. The fourth-order valence-electron chi connectivity index (χ4n) is 1.67. The molecular formula is C10H12ClNO. The van der Waals surface area contributed by atoms with Gasteiger partial charge >= 0.3 is 0 Å². The number of nitrogens with zero attached hydrogens (tertiary/aromatic N) is 1. The van der Waals surface area contributed by atoms with Crippen molar-refractivity contribution in [3.8, 4) is 0 Å². The summed E-state index contributed by atoms with van der Waals surface area (Å²) in [5, 5.41) is 10.1. The average molecular weight is 198 g/mol. The summed E-state index contributed by atoms with van der Waals surface area (Å²) in [6.07, 6.45) is 0.641. The minimum atomic E-state index is -0.198. The van der Waals surface area contributed by atoms with Crippen molar-refractivity contribution in [2.45, 2.75) is 12.5 Å². The van der Waals surface area contributed by atoms with Gasteiger partial charge in [0.15, 0.2) is 0 Å². The van der Waals surface area contributed by atoms with E-state index in [9.17, 15) is 5.11 Å². The van der Waals surface area contributed by atoms with Gasteiger partial charge in [-0.15, -0.1) is 0 Å². The second-order valence-corrected chi connectivity index (χ2v) is 3.75. The third-order valence-electron chi connectivity index (χ3n) is 2.36. The van der Waals surface area contributed by atoms with Crippen molar-refractivity contribution in [1.82, 2.24) is 0 Å². The molecule has 0 aliphatic carbocycles. The first kappa shape index (κ1) is 8.85. The predicted octanol–water partition coefficient (Wildman–Crippen LogP) is 1.91. The SMILES string of the molecule is O[C@@H]1CCN(c2ccccc2Cl)C1. The van der Waals surface area contributed by atoms with Crippen LogP contribution in [-0.4, -0.2) is 24.3 Å². The maximum absolute atomic E-state index is 9.37. The van der Waals surface area contributed by atoms with Crippen LogP contribution in [0.4, 0.5) is 5.69 Å². The van der Waals surface area contributed by atoms with Gasteiger partial charge in [-0.25, -0.2) is 0 Å². The lowest BCUT2D eigenvalue weighted by atomic mass is 10.3.